The van der Waals surface area contributed by atoms with Gasteiger partial charge in [0, 0.05) is 26.2 Å². The molecule has 1 aromatic carbocycles. The summed E-state index contributed by atoms with van der Waals surface area (Å²) in [5.74, 6) is 1.52. The van der Waals surface area contributed by atoms with E-state index in [0.29, 0.717) is 12.5 Å². The van der Waals surface area contributed by atoms with E-state index in [2.05, 4.69) is 42.2 Å². The highest BCUT2D eigenvalue weighted by molar-refractivity contribution is 5.14. The Hall–Kier alpha value is -0.860. The van der Waals surface area contributed by atoms with Crippen molar-refractivity contribution in [3.05, 3.63) is 35.9 Å². The van der Waals surface area contributed by atoms with Crippen LogP contribution in [-0.2, 0) is 6.54 Å². The molecule has 2 heteroatoms. The molecule has 0 spiro atoms. The predicted octanol–water partition coefficient (Wildman–Crippen LogP) is 2.53. The number of rotatable bonds is 6. The van der Waals surface area contributed by atoms with Crippen LogP contribution in [0.25, 0.3) is 0 Å². The van der Waals surface area contributed by atoms with Gasteiger partial charge in [-0.3, -0.25) is 4.90 Å². The van der Waals surface area contributed by atoms with Gasteiger partial charge in [0.25, 0.3) is 0 Å². The molecule has 0 bridgehead atoms. The minimum absolute atomic E-state index is 0.341. The Morgan fingerprint density at radius 1 is 1.29 bits per heavy atom. The van der Waals surface area contributed by atoms with Crippen LogP contribution in [0.5, 0.6) is 0 Å². The van der Waals surface area contributed by atoms with Crippen LogP contribution in [0.1, 0.15) is 25.3 Å². The smallest absolute Gasteiger partial charge is 0.0433 e. The molecule has 1 fully saturated rings. The molecule has 0 radical (unpaired) electrons. The Kier molecular flexibility index (Phi) is 4.57. The average Bonchev–Trinajstić information content (AvgIpc) is 2.32. The summed E-state index contributed by atoms with van der Waals surface area (Å²) in [6.07, 6.45) is 2.17. The standard InChI is InChI=1S/C15H23NO/c1-2-14(8-9-17)15-11-16(12-15)10-13-6-4-3-5-7-13/h3-7,14-15,17H,2,8-12H2,1H3. The van der Waals surface area contributed by atoms with Gasteiger partial charge in [-0.15, -0.1) is 0 Å². The lowest BCUT2D eigenvalue weighted by Crippen LogP contribution is -2.49. The first kappa shape index (κ1) is 12.6. The lowest BCUT2D eigenvalue weighted by Gasteiger charge is -2.43. The van der Waals surface area contributed by atoms with Gasteiger partial charge in [0.05, 0.1) is 0 Å². The first-order valence-electron chi connectivity index (χ1n) is 6.70. The lowest BCUT2D eigenvalue weighted by molar-refractivity contribution is 0.0392. The number of benzene rings is 1. The second-order valence-corrected chi connectivity index (χ2v) is 5.12. The second kappa shape index (κ2) is 6.18. The molecular formula is C15H23NO. The van der Waals surface area contributed by atoms with Crippen molar-refractivity contribution in [1.29, 1.82) is 0 Å². The van der Waals surface area contributed by atoms with Crippen molar-refractivity contribution in [1.82, 2.24) is 4.90 Å². The SMILES string of the molecule is CCC(CCO)C1CN(Cc2ccccc2)C1. The van der Waals surface area contributed by atoms with Gasteiger partial charge >= 0.3 is 0 Å². The Morgan fingerprint density at radius 3 is 2.59 bits per heavy atom. The third kappa shape index (κ3) is 3.30. The zero-order valence-corrected chi connectivity index (χ0v) is 10.7. The number of aliphatic hydroxyl groups is 1. The Balaban J connectivity index is 1.75. The molecule has 2 rings (SSSR count). The van der Waals surface area contributed by atoms with E-state index in [1.54, 1.807) is 0 Å². The highest BCUT2D eigenvalue weighted by atomic mass is 16.3. The summed E-state index contributed by atoms with van der Waals surface area (Å²) < 4.78 is 0. The molecule has 94 valence electrons. The fraction of sp³-hybridized carbons (Fsp3) is 0.600. The third-order valence-corrected chi connectivity index (χ3v) is 3.93. The van der Waals surface area contributed by atoms with Crippen molar-refractivity contribution in [2.24, 2.45) is 11.8 Å². The molecule has 1 aliphatic rings. The number of hydrogen-bond donors (Lipinski definition) is 1. The molecule has 0 amide bonds. The van der Waals surface area contributed by atoms with E-state index >= 15 is 0 Å². The zero-order valence-electron chi connectivity index (χ0n) is 10.7. The second-order valence-electron chi connectivity index (χ2n) is 5.12. The molecule has 0 saturated carbocycles. The van der Waals surface area contributed by atoms with E-state index in [-0.39, 0.29) is 0 Å². The van der Waals surface area contributed by atoms with Gasteiger partial charge in [-0.05, 0) is 23.8 Å². The number of nitrogens with zero attached hydrogens (tertiary/aromatic N) is 1. The maximum atomic E-state index is 9.02. The highest BCUT2D eigenvalue weighted by Gasteiger charge is 2.31. The van der Waals surface area contributed by atoms with E-state index in [1.165, 1.54) is 25.1 Å². The molecule has 1 atom stereocenters. The topological polar surface area (TPSA) is 23.5 Å². The molecular weight excluding hydrogens is 210 g/mol. The van der Waals surface area contributed by atoms with Crippen molar-refractivity contribution in [3.63, 3.8) is 0 Å². The fourth-order valence-corrected chi connectivity index (χ4v) is 2.82. The van der Waals surface area contributed by atoms with Crippen LogP contribution < -0.4 is 0 Å². The predicted molar refractivity (Wildman–Crippen MR) is 70.7 cm³/mol. The van der Waals surface area contributed by atoms with Gasteiger partial charge in [0.2, 0.25) is 0 Å². The van der Waals surface area contributed by atoms with Crippen LogP contribution in [0.2, 0.25) is 0 Å². The van der Waals surface area contributed by atoms with E-state index in [9.17, 15) is 0 Å². The largest absolute Gasteiger partial charge is 0.396 e. The molecule has 2 nitrogen and oxygen atoms in total. The first-order valence-corrected chi connectivity index (χ1v) is 6.70. The number of likely N-dealkylation sites (tertiary alicyclic amines) is 1. The lowest BCUT2D eigenvalue weighted by atomic mass is 9.82. The summed E-state index contributed by atoms with van der Waals surface area (Å²) in [5.41, 5.74) is 1.40. The van der Waals surface area contributed by atoms with E-state index in [0.717, 1.165) is 18.9 Å². The molecule has 17 heavy (non-hydrogen) atoms. The molecule has 1 heterocycles. The molecule has 0 aliphatic carbocycles. The zero-order chi connectivity index (χ0) is 12.1. The normalized spacial score (nSPS) is 18.9. The summed E-state index contributed by atoms with van der Waals surface area (Å²) in [4.78, 5) is 2.50. The van der Waals surface area contributed by atoms with Gasteiger partial charge in [-0.2, -0.15) is 0 Å². The molecule has 1 saturated heterocycles. The molecule has 1 N–H and O–H groups in total. The summed E-state index contributed by atoms with van der Waals surface area (Å²) in [5, 5.41) is 9.02. The van der Waals surface area contributed by atoms with Crippen LogP contribution >= 0.6 is 0 Å². The van der Waals surface area contributed by atoms with Crippen molar-refractivity contribution in [2.45, 2.75) is 26.3 Å². The van der Waals surface area contributed by atoms with Gasteiger partial charge < -0.3 is 5.11 Å². The summed E-state index contributed by atoms with van der Waals surface area (Å²) in [6, 6.07) is 10.7. The Bertz CT molecular complexity index is 319. The van der Waals surface area contributed by atoms with Crippen LogP contribution in [0.15, 0.2) is 30.3 Å². The third-order valence-electron chi connectivity index (χ3n) is 3.93. The molecule has 1 aromatic rings. The van der Waals surface area contributed by atoms with Gasteiger partial charge in [0.15, 0.2) is 0 Å². The van der Waals surface area contributed by atoms with Crippen molar-refractivity contribution in [2.75, 3.05) is 19.7 Å². The Labute approximate surface area is 104 Å². The van der Waals surface area contributed by atoms with Crippen molar-refractivity contribution >= 4 is 0 Å². The van der Waals surface area contributed by atoms with Gasteiger partial charge in [-0.25, -0.2) is 0 Å². The van der Waals surface area contributed by atoms with Gasteiger partial charge in [0.1, 0.15) is 0 Å². The molecule has 1 aliphatic heterocycles. The van der Waals surface area contributed by atoms with Gasteiger partial charge in [-0.1, -0.05) is 43.7 Å². The van der Waals surface area contributed by atoms with E-state index in [4.69, 9.17) is 5.11 Å². The van der Waals surface area contributed by atoms with Crippen molar-refractivity contribution in [3.8, 4) is 0 Å². The number of hydrogen-bond acceptors (Lipinski definition) is 2. The minimum Gasteiger partial charge on any atom is -0.396 e. The van der Waals surface area contributed by atoms with Crippen LogP contribution in [0, 0.1) is 11.8 Å². The quantitative estimate of drug-likeness (QED) is 0.816. The van der Waals surface area contributed by atoms with Crippen molar-refractivity contribution < 1.29 is 5.11 Å². The number of aliphatic hydroxyl groups excluding tert-OH is 1. The summed E-state index contributed by atoms with van der Waals surface area (Å²) in [6.45, 7) is 6.06. The Morgan fingerprint density at radius 2 is 2.00 bits per heavy atom. The maximum Gasteiger partial charge on any atom is 0.0433 e. The molecule has 1 unspecified atom stereocenters. The molecule has 0 aromatic heterocycles. The maximum absolute atomic E-state index is 9.02. The minimum atomic E-state index is 0.341. The average molecular weight is 233 g/mol. The summed E-state index contributed by atoms with van der Waals surface area (Å²) >= 11 is 0. The fourth-order valence-electron chi connectivity index (χ4n) is 2.82. The van der Waals surface area contributed by atoms with Crippen LogP contribution in [0.3, 0.4) is 0 Å². The monoisotopic (exact) mass is 233 g/mol. The highest BCUT2D eigenvalue weighted by Crippen LogP contribution is 2.29. The van der Waals surface area contributed by atoms with E-state index < -0.39 is 0 Å². The first-order chi connectivity index (χ1) is 8.33. The van der Waals surface area contributed by atoms with Crippen LogP contribution in [0.4, 0.5) is 0 Å². The van der Waals surface area contributed by atoms with E-state index in [1.807, 2.05) is 0 Å². The summed E-state index contributed by atoms with van der Waals surface area (Å²) in [7, 11) is 0. The van der Waals surface area contributed by atoms with Crippen LogP contribution in [-0.4, -0.2) is 29.7 Å².